The molecule has 1 rings (SSSR count). The number of rotatable bonds is 6. The first kappa shape index (κ1) is 14.3. The molecule has 0 radical (unpaired) electrons. The number of carbonyl (C=O) groups is 1. The summed E-state index contributed by atoms with van der Waals surface area (Å²) < 4.78 is 0. The van der Waals surface area contributed by atoms with Gasteiger partial charge in [0.25, 0.3) is 5.91 Å². The molecule has 0 heterocycles. The lowest BCUT2D eigenvalue weighted by atomic mass is 10.2. The lowest BCUT2D eigenvalue weighted by Gasteiger charge is -2.09. The molecule has 98 valence electrons. The Morgan fingerprint density at radius 3 is 2.56 bits per heavy atom. The summed E-state index contributed by atoms with van der Waals surface area (Å²) in [5.74, 6) is 0.244. The molecule has 1 N–H and O–H groups in total. The summed E-state index contributed by atoms with van der Waals surface area (Å²) in [5, 5.41) is 2.78. The third-order valence-electron chi connectivity index (χ3n) is 2.17. The number of benzene rings is 1. The number of hydrogen-bond acceptors (Lipinski definition) is 3. The van der Waals surface area contributed by atoms with Gasteiger partial charge in [-0.25, -0.2) is 0 Å². The maximum Gasteiger partial charge on any atom is 0.290 e. The molecular formula is C14H19NO3. The van der Waals surface area contributed by atoms with Crippen molar-refractivity contribution in [1.29, 1.82) is 0 Å². The molecule has 4 heteroatoms. The molecule has 0 aliphatic carbocycles. The zero-order valence-electron chi connectivity index (χ0n) is 11.0. The molecule has 1 aromatic carbocycles. The number of nitrogens with one attached hydrogen (secondary N) is 1. The average molecular weight is 249 g/mol. The minimum Gasteiger partial charge on any atom is -0.349 e. The predicted octanol–water partition coefficient (Wildman–Crippen LogP) is 2.38. The van der Waals surface area contributed by atoms with E-state index in [0.29, 0.717) is 12.5 Å². The van der Waals surface area contributed by atoms with Gasteiger partial charge < -0.3 is 10.2 Å². The molecule has 0 spiro atoms. The van der Waals surface area contributed by atoms with E-state index in [1.807, 2.05) is 44.2 Å². The van der Waals surface area contributed by atoms with Crippen molar-refractivity contribution in [3.05, 3.63) is 41.7 Å². The Labute approximate surface area is 108 Å². The average Bonchev–Trinajstić information content (AvgIpc) is 2.36. The Bertz CT molecular complexity index is 399. The monoisotopic (exact) mass is 249 g/mol. The Morgan fingerprint density at radius 1 is 1.33 bits per heavy atom. The van der Waals surface area contributed by atoms with E-state index in [4.69, 9.17) is 4.89 Å². The van der Waals surface area contributed by atoms with Crippen molar-refractivity contribution in [2.24, 2.45) is 5.92 Å². The fraction of sp³-hybridized carbons (Fsp3) is 0.357. The van der Waals surface area contributed by atoms with E-state index >= 15 is 0 Å². The SMILES string of the molecule is COOC(=Cc1ccccc1)C(=O)NCC(C)C. The second-order valence-electron chi connectivity index (χ2n) is 4.27. The molecule has 4 nitrogen and oxygen atoms in total. The zero-order chi connectivity index (χ0) is 13.4. The van der Waals surface area contributed by atoms with E-state index in [9.17, 15) is 4.79 Å². The van der Waals surface area contributed by atoms with Gasteiger partial charge in [0.1, 0.15) is 0 Å². The standard InChI is InChI=1S/C14H19NO3/c1-11(2)10-15-14(16)13(18-17-3)9-12-7-5-4-6-8-12/h4-9,11H,10H2,1-3H3,(H,15,16). The summed E-state index contributed by atoms with van der Waals surface area (Å²) in [4.78, 5) is 21.3. The highest BCUT2D eigenvalue weighted by atomic mass is 17.2. The third-order valence-corrected chi connectivity index (χ3v) is 2.17. The summed E-state index contributed by atoms with van der Waals surface area (Å²) in [7, 11) is 1.37. The molecule has 0 atom stereocenters. The van der Waals surface area contributed by atoms with Gasteiger partial charge in [0.05, 0.1) is 7.11 Å². The molecule has 0 fully saturated rings. The summed E-state index contributed by atoms with van der Waals surface area (Å²) in [6.07, 6.45) is 1.64. The van der Waals surface area contributed by atoms with Gasteiger partial charge in [-0.05, 0) is 17.6 Å². The van der Waals surface area contributed by atoms with Gasteiger partial charge in [0.15, 0.2) is 0 Å². The van der Waals surface area contributed by atoms with E-state index in [0.717, 1.165) is 5.56 Å². The van der Waals surface area contributed by atoms with Crippen molar-refractivity contribution in [3.8, 4) is 0 Å². The van der Waals surface area contributed by atoms with Crippen LogP contribution in [0.2, 0.25) is 0 Å². The Kier molecular flexibility index (Phi) is 5.94. The van der Waals surface area contributed by atoms with E-state index in [1.54, 1.807) is 6.08 Å². The van der Waals surface area contributed by atoms with Crippen molar-refractivity contribution in [2.45, 2.75) is 13.8 Å². The van der Waals surface area contributed by atoms with Crippen LogP contribution in [0.25, 0.3) is 6.08 Å². The summed E-state index contributed by atoms with van der Waals surface area (Å²) in [6, 6.07) is 9.46. The van der Waals surface area contributed by atoms with Crippen molar-refractivity contribution in [2.75, 3.05) is 13.7 Å². The molecule has 0 aliphatic heterocycles. The smallest absolute Gasteiger partial charge is 0.290 e. The lowest BCUT2D eigenvalue weighted by molar-refractivity contribution is -0.236. The summed E-state index contributed by atoms with van der Waals surface area (Å²) >= 11 is 0. The minimum atomic E-state index is -0.283. The van der Waals surface area contributed by atoms with Gasteiger partial charge in [-0.3, -0.25) is 4.79 Å². The minimum absolute atomic E-state index is 0.143. The molecule has 1 amide bonds. The second kappa shape index (κ2) is 7.50. The normalized spacial score (nSPS) is 11.4. The largest absolute Gasteiger partial charge is 0.349 e. The number of hydrogen-bond donors (Lipinski definition) is 1. The third kappa shape index (κ3) is 5.01. The Balaban J connectivity index is 2.75. The van der Waals surface area contributed by atoms with Crippen LogP contribution in [-0.2, 0) is 14.6 Å². The van der Waals surface area contributed by atoms with Crippen LogP contribution in [0.1, 0.15) is 19.4 Å². The van der Waals surface area contributed by atoms with Crippen LogP contribution in [-0.4, -0.2) is 19.6 Å². The molecule has 0 saturated heterocycles. The topological polar surface area (TPSA) is 47.6 Å². The fourth-order valence-electron chi connectivity index (χ4n) is 1.30. The first-order valence-corrected chi connectivity index (χ1v) is 5.89. The molecule has 0 saturated carbocycles. The van der Waals surface area contributed by atoms with Crippen LogP contribution in [0.15, 0.2) is 36.1 Å². The van der Waals surface area contributed by atoms with E-state index in [-0.39, 0.29) is 11.7 Å². The zero-order valence-corrected chi connectivity index (χ0v) is 11.0. The van der Waals surface area contributed by atoms with E-state index in [1.165, 1.54) is 7.11 Å². The quantitative estimate of drug-likeness (QED) is 0.364. The second-order valence-corrected chi connectivity index (χ2v) is 4.27. The lowest BCUT2D eigenvalue weighted by Crippen LogP contribution is -2.29. The highest BCUT2D eigenvalue weighted by Gasteiger charge is 2.12. The first-order chi connectivity index (χ1) is 8.63. The number of carbonyl (C=O) groups excluding carboxylic acids is 1. The van der Waals surface area contributed by atoms with Gasteiger partial charge in [-0.15, -0.1) is 0 Å². The molecule has 1 aromatic rings. The van der Waals surface area contributed by atoms with Crippen molar-refractivity contribution in [3.63, 3.8) is 0 Å². The van der Waals surface area contributed by atoms with Gasteiger partial charge in [0, 0.05) is 6.54 Å². The maximum absolute atomic E-state index is 11.9. The molecular weight excluding hydrogens is 230 g/mol. The van der Waals surface area contributed by atoms with Gasteiger partial charge in [-0.2, -0.15) is 4.89 Å². The first-order valence-electron chi connectivity index (χ1n) is 5.89. The Hall–Kier alpha value is -1.81. The van der Waals surface area contributed by atoms with Crippen LogP contribution in [0.4, 0.5) is 0 Å². The van der Waals surface area contributed by atoms with Crippen molar-refractivity contribution < 1.29 is 14.6 Å². The van der Waals surface area contributed by atoms with Crippen molar-refractivity contribution in [1.82, 2.24) is 5.32 Å². The molecule has 0 unspecified atom stereocenters. The molecule has 0 bridgehead atoms. The van der Waals surface area contributed by atoms with E-state index < -0.39 is 0 Å². The highest BCUT2D eigenvalue weighted by Crippen LogP contribution is 2.08. The fourth-order valence-corrected chi connectivity index (χ4v) is 1.30. The van der Waals surface area contributed by atoms with Crippen LogP contribution < -0.4 is 5.32 Å². The van der Waals surface area contributed by atoms with E-state index in [2.05, 4.69) is 10.2 Å². The van der Waals surface area contributed by atoms with Gasteiger partial charge in [0.2, 0.25) is 5.76 Å². The van der Waals surface area contributed by atoms with Gasteiger partial charge in [-0.1, -0.05) is 44.2 Å². The molecule has 0 aliphatic rings. The summed E-state index contributed by atoms with van der Waals surface area (Å²) in [6.45, 7) is 4.65. The van der Waals surface area contributed by atoms with Crippen LogP contribution in [0.3, 0.4) is 0 Å². The van der Waals surface area contributed by atoms with Crippen LogP contribution >= 0.6 is 0 Å². The van der Waals surface area contributed by atoms with Crippen LogP contribution in [0.5, 0.6) is 0 Å². The molecule has 0 aromatic heterocycles. The molecule has 18 heavy (non-hydrogen) atoms. The van der Waals surface area contributed by atoms with Gasteiger partial charge >= 0.3 is 0 Å². The van der Waals surface area contributed by atoms with Crippen LogP contribution in [0, 0.1) is 5.92 Å². The maximum atomic E-state index is 11.9. The number of amides is 1. The highest BCUT2D eigenvalue weighted by molar-refractivity contribution is 5.95. The Morgan fingerprint density at radius 2 is 2.00 bits per heavy atom. The predicted molar refractivity (Wildman–Crippen MR) is 70.4 cm³/mol. The summed E-state index contributed by atoms with van der Waals surface area (Å²) in [5.41, 5.74) is 0.879. The van der Waals surface area contributed by atoms with Crippen molar-refractivity contribution >= 4 is 12.0 Å².